The molecule has 3 rings (SSSR count). The first-order valence-electron chi connectivity index (χ1n) is 10.6. The molecule has 0 unspecified atom stereocenters. The molecule has 7 heteroatoms. The van der Waals surface area contributed by atoms with E-state index in [0.29, 0.717) is 12.3 Å². The van der Waals surface area contributed by atoms with Crippen LogP contribution in [0, 0.1) is 19.8 Å². The minimum absolute atomic E-state index is 0.000190. The quantitative estimate of drug-likeness (QED) is 0.693. The molecular formula is C23H31N3O3S. The van der Waals surface area contributed by atoms with Crippen molar-refractivity contribution in [2.45, 2.75) is 72.1 Å². The average molecular weight is 430 g/mol. The van der Waals surface area contributed by atoms with E-state index in [1.165, 1.54) is 11.3 Å². The van der Waals surface area contributed by atoms with Gasteiger partial charge in [-0.3, -0.25) is 9.59 Å². The predicted octanol–water partition coefficient (Wildman–Crippen LogP) is 4.15. The molecule has 1 aromatic carbocycles. The molecule has 0 saturated heterocycles. The largest absolute Gasteiger partial charge is 0.486 e. The van der Waals surface area contributed by atoms with Crippen LogP contribution in [-0.2, 0) is 11.4 Å². The second-order valence-corrected chi connectivity index (χ2v) is 9.37. The lowest BCUT2D eigenvalue weighted by atomic mass is 9.90. The van der Waals surface area contributed by atoms with Crippen LogP contribution >= 0.6 is 11.3 Å². The number of ether oxygens (including phenoxy) is 1. The van der Waals surface area contributed by atoms with E-state index in [4.69, 9.17) is 4.74 Å². The van der Waals surface area contributed by atoms with Gasteiger partial charge in [-0.25, -0.2) is 4.98 Å². The van der Waals surface area contributed by atoms with Crippen LogP contribution < -0.4 is 15.4 Å². The number of nitrogens with one attached hydrogen (secondary N) is 2. The van der Waals surface area contributed by atoms with Crippen LogP contribution in [0.25, 0.3) is 0 Å². The summed E-state index contributed by atoms with van der Waals surface area (Å²) >= 11 is 1.43. The maximum Gasteiger partial charge on any atom is 0.270 e. The number of carbonyl (C=O) groups is 2. The monoisotopic (exact) mass is 429 g/mol. The third kappa shape index (κ3) is 6.29. The maximum atomic E-state index is 12.6. The van der Waals surface area contributed by atoms with E-state index in [1.54, 1.807) is 5.38 Å². The van der Waals surface area contributed by atoms with Gasteiger partial charge in [0.05, 0.1) is 0 Å². The molecule has 1 heterocycles. The zero-order chi connectivity index (χ0) is 21.7. The van der Waals surface area contributed by atoms with Crippen molar-refractivity contribution >= 4 is 23.2 Å². The smallest absolute Gasteiger partial charge is 0.270 e. The molecule has 1 aliphatic rings. The number of hydrogen-bond donors (Lipinski definition) is 2. The highest BCUT2D eigenvalue weighted by atomic mass is 32.1. The molecule has 1 aromatic heterocycles. The van der Waals surface area contributed by atoms with Crippen molar-refractivity contribution < 1.29 is 14.3 Å². The summed E-state index contributed by atoms with van der Waals surface area (Å²) < 4.78 is 5.84. The van der Waals surface area contributed by atoms with Crippen molar-refractivity contribution in [3.8, 4) is 5.75 Å². The minimum atomic E-state index is -0.140. The Morgan fingerprint density at radius 1 is 1.07 bits per heavy atom. The first kappa shape index (κ1) is 22.3. The fourth-order valence-electron chi connectivity index (χ4n) is 3.65. The number of aromatic nitrogens is 1. The summed E-state index contributed by atoms with van der Waals surface area (Å²) in [5, 5.41) is 8.73. The van der Waals surface area contributed by atoms with Gasteiger partial charge in [0, 0.05) is 23.4 Å². The second-order valence-electron chi connectivity index (χ2n) is 8.42. The number of aryl methyl sites for hydroxylation is 2. The van der Waals surface area contributed by atoms with Crippen LogP contribution in [0.1, 0.15) is 66.2 Å². The van der Waals surface area contributed by atoms with Gasteiger partial charge in [0.25, 0.3) is 5.91 Å². The number of benzene rings is 1. The second kappa shape index (κ2) is 10.1. The van der Waals surface area contributed by atoms with Crippen LogP contribution in [0.5, 0.6) is 5.75 Å². The standard InChI is InChI=1S/C23H31N3O3S/c1-14(2)22(27)24-17-5-7-18(8-6-17)25-23(28)20-13-30-21(26-20)12-29-19-10-15(3)9-16(4)11-19/h9-11,13-14,17-18H,5-8,12H2,1-4H3,(H,24,27)(H,25,28). The fraction of sp³-hybridized carbons (Fsp3) is 0.522. The number of nitrogens with zero attached hydrogens (tertiary/aromatic N) is 1. The van der Waals surface area contributed by atoms with Crippen LogP contribution in [0.2, 0.25) is 0 Å². The maximum absolute atomic E-state index is 12.6. The van der Waals surface area contributed by atoms with Crippen molar-refractivity contribution in [2.24, 2.45) is 5.92 Å². The van der Waals surface area contributed by atoms with E-state index in [-0.39, 0.29) is 29.8 Å². The van der Waals surface area contributed by atoms with E-state index in [0.717, 1.165) is 47.6 Å². The van der Waals surface area contributed by atoms with Crippen molar-refractivity contribution in [1.82, 2.24) is 15.6 Å². The third-order valence-corrected chi connectivity index (χ3v) is 6.10. The molecule has 162 valence electrons. The van der Waals surface area contributed by atoms with E-state index in [9.17, 15) is 9.59 Å². The minimum Gasteiger partial charge on any atom is -0.486 e. The highest BCUT2D eigenvalue weighted by Crippen LogP contribution is 2.21. The Kier molecular flexibility index (Phi) is 7.48. The van der Waals surface area contributed by atoms with Crippen molar-refractivity contribution in [2.75, 3.05) is 0 Å². The summed E-state index contributed by atoms with van der Waals surface area (Å²) in [7, 11) is 0. The lowest BCUT2D eigenvalue weighted by molar-refractivity contribution is -0.124. The van der Waals surface area contributed by atoms with Crippen molar-refractivity contribution in [3.63, 3.8) is 0 Å². The Morgan fingerprint density at radius 2 is 1.67 bits per heavy atom. The van der Waals surface area contributed by atoms with Gasteiger partial charge in [0.15, 0.2) is 0 Å². The fourth-order valence-corrected chi connectivity index (χ4v) is 4.34. The number of thiazole rings is 1. The topological polar surface area (TPSA) is 80.3 Å². The predicted molar refractivity (Wildman–Crippen MR) is 119 cm³/mol. The Labute approximate surface area is 182 Å². The Bertz CT molecular complexity index is 865. The summed E-state index contributed by atoms with van der Waals surface area (Å²) in [5.74, 6) is 0.773. The molecule has 1 aliphatic carbocycles. The summed E-state index contributed by atoms with van der Waals surface area (Å²) in [6.45, 7) is 8.23. The van der Waals surface area contributed by atoms with Gasteiger partial charge in [-0.2, -0.15) is 0 Å². The Morgan fingerprint density at radius 3 is 2.27 bits per heavy atom. The van der Waals surface area contributed by atoms with Crippen molar-refractivity contribution in [1.29, 1.82) is 0 Å². The molecule has 1 saturated carbocycles. The first-order valence-corrected chi connectivity index (χ1v) is 11.4. The van der Waals surface area contributed by atoms with Gasteiger partial charge < -0.3 is 15.4 Å². The summed E-state index contributed by atoms with van der Waals surface area (Å²) in [4.78, 5) is 28.8. The van der Waals surface area contributed by atoms with Crippen LogP contribution in [0.3, 0.4) is 0 Å². The Hall–Kier alpha value is -2.41. The molecule has 1 fully saturated rings. The van der Waals surface area contributed by atoms with Crippen LogP contribution in [0.15, 0.2) is 23.6 Å². The molecular weight excluding hydrogens is 398 g/mol. The van der Waals surface area contributed by atoms with Gasteiger partial charge in [0.2, 0.25) is 5.91 Å². The molecule has 2 N–H and O–H groups in total. The molecule has 0 aliphatic heterocycles. The molecule has 0 atom stereocenters. The van der Waals surface area contributed by atoms with Gasteiger partial charge in [-0.1, -0.05) is 19.9 Å². The number of hydrogen-bond acceptors (Lipinski definition) is 5. The summed E-state index contributed by atoms with van der Waals surface area (Å²) in [5.41, 5.74) is 2.75. The average Bonchev–Trinajstić information content (AvgIpc) is 3.16. The molecule has 6 nitrogen and oxygen atoms in total. The molecule has 30 heavy (non-hydrogen) atoms. The molecule has 2 amide bonds. The summed E-state index contributed by atoms with van der Waals surface area (Å²) in [6.07, 6.45) is 3.49. The molecule has 0 bridgehead atoms. The molecule has 0 spiro atoms. The number of rotatable bonds is 7. The summed E-state index contributed by atoms with van der Waals surface area (Å²) in [6, 6.07) is 6.43. The van der Waals surface area contributed by atoms with E-state index in [2.05, 4.69) is 21.7 Å². The SMILES string of the molecule is Cc1cc(C)cc(OCc2nc(C(=O)NC3CCC(NC(=O)C(C)C)CC3)cs2)c1. The van der Waals surface area contributed by atoms with Gasteiger partial charge in [-0.05, 0) is 62.8 Å². The van der Waals surface area contributed by atoms with E-state index < -0.39 is 0 Å². The molecule has 2 aromatic rings. The van der Waals surface area contributed by atoms with Gasteiger partial charge in [0.1, 0.15) is 23.1 Å². The third-order valence-electron chi connectivity index (χ3n) is 5.28. The van der Waals surface area contributed by atoms with Crippen LogP contribution in [0.4, 0.5) is 0 Å². The van der Waals surface area contributed by atoms with E-state index >= 15 is 0 Å². The highest BCUT2D eigenvalue weighted by Gasteiger charge is 2.25. The normalized spacial score (nSPS) is 18.8. The van der Waals surface area contributed by atoms with E-state index in [1.807, 2.05) is 39.8 Å². The van der Waals surface area contributed by atoms with Gasteiger partial charge >= 0.3 is 0 Å². The first-order chi connectivity index (χ1) is 14.3. The van der Waals surface area contributed by atoms with Crippen LogP contribution in [-0.4, -0.2) is 28.9 Å². The Balaban J connectivity index is 1.45. The number of carbonyl (C=O) groups excluding carboxylic acids is 2. The lowest BCUT2D eigenvalue weighted by Gasteiger charge is -2.30. The lowest BCUT2D eigenvalue weighted by Crippen LogP contribution is -2.44. The number of amides is 2. The zero-order valence-corrected chi connectivity index (χ0v) is 19.0. The zero-order valence-electron chi connectivity index (χ0n) is 18.2. The van der Waals surface area contributed by atoms with Gasteiger partial charge in [-0.15, -0.1) is 11.3 Å². The molecule has 0 radical (unpaired) electrons. The van der Waals surface area contributed by atoms with Crippen molar-refractivity contribution in [3.05, 3.63) is 45.4 Å². The highest BCUT2D eigenvalue weighted by molar-refractivity contribution is 7.09.